The van der Waals surface area contributed by atoms with Crippen LogP contribution in [0.1, 0.15) is 61.4 Å². The first-order valence-electron chi connectivity index (χ1n) is 10.9. The van der Waals surface area contributed by atoms with Crippen molar-refractivity contribution in [2.75, 3.05) is 6.61 Å². The summed E-state index contributed by atoms with van der Waals surface area (Å²) in [5.41, 5.74) is 1.02. The highest BCUT2D eigenvalue weighted by Gasteiger charge is 2.27. The monoisotopic (exact) mass is 447 g/mol. The third kappa shape index (κ3) is 6.61. The van der Waals surface area contributed by atoms with E-state index >= 15 is 0 Å². The van der Waals surface area contributed by atoms with Crippen molar-refractivity contribution < 1.29 is 22.3 Å². The van der Waals surface area contributed by atoms with Crippen molar-refractivity contribution in [2.45, 2.75) is 62.8 Å². The van der Waals surface area contributed by atoms with Gasteiger partial charge in [-0.25, -0.2) is 22.3 Å². The summed E-state index contributed by atoms with van der Waals surface area (Å²) in [6.45, 7) is 1.81. The predicted molar refractivity (Wildman–Crippen MR) is 118 cm³/mol. The molecule has 1 saturated carbocycles. The summed E-state index contributed by atoms with van der Waals surface area (Å²) in [6.07, 6.45) is 7.00. The number of ether oxygens (including phenoxy) is 1. The van der Waals surface area contributed by atoms with E-state index < -0.39 is 26.7 Å². The minimum atomic E-state index is -4.09. The van der Waals surface area contributed by atoms with Crippen LogP contribution in [0.15, 0.2) is 53.4 Å². The molecule has 7 heteroatoms. The molecular weight excluding hydrogens is 417 g/mol. The molecule has 0 aromatic heterocycles. The first kappa shape index (κ1) is 23.4. The second-order valence-electron chi connectivity index (χ2n) is 8.11. The van der Waals surface area contributed by atoms with Gasteiger partial charge in [0.1, 0.15) is 10.7 Å². The van der Waals surface area contributed by atoms with Crippen molar-refractivity contribution in [2.24, 2.45) is 5.92 Å². The quantitative estimate of drug-likeness (QED) is 0.557. The molecule has 0 heterocycles. The van der Waals surface area contributed by atoms with Crippen molar-refractivity contribution in [1.29, 1.82) is 0 Å². The Morgan fingerprint density at radius 2 is 1.84 bits per heavy atom. The third-order valence-electron chi connectivity index (χ3n) is 5.72. The summed E-state index contributed by atoms with van der Waals surface area (Å²) < 4.78 is 48.3. The lowest BCUT2D eigenvalue weighted by molar-refractivity contribution is 0.0525. The molecule has 1 atom stereocenters. The van der Waals surface area contributed by atoms with E-state index in [-0.39, 0.29) is 18.2 Å². The highest BCUT2D eigenvalue weighted by Crippen LogP contribution is 2.29. The fourth-order valence-electron chi connectivity index (χ4n) is 4.24. The highest BCUT2D eigenvalue weighted by molar-refractivity contribution is 7.89. The lowest BCUT2D eigenvalue weighted by Crippen LogP contribution is -2.38. The van der Waals surface area contributed by atoms with Gasteiger partial charge in [0.15, 0.2) is 0 Å². The molecule has 1 fully saturated rings. The van der Waals surface area contributed by atoms with E-state index in [1.807, 2.05) is 30.3 Å². The van der Waals surface area contributed by atoms with E-state index in [1.54, 1.807) is 6.92 Å². The average Bonchev–Trinajstić information content (AvgIpc) is 2.74. The number of hydrogen-bond acceptors (Lipinski definition) is 4. The maximum atomic E-state index is 14.7. The number of benzene rings is 2. The van der Waals surface area contributed by atoms with Crippen LogP contribution in [0.3, 0.4) is 0 Å². The number of carbonyl (C=O) groups is 1. The topological polar surface area (TPSA) is 72.5 Å². The molecule has 0 aliphatic heterocycles. The minimum Gasteiger partial charge on any atom is -0.462 e. The second kappa shape index (κ2) is 10.9. The molecular formula is C24H30FNO4S. The summed E-state index contributed by atoms with van der Waals surface area (Å²) in [6, 6.07) is 12.7. The van der Waals surface area contributed by atoms with Crippen LogP contribution in [0.25, 0.3) is 0 Å². The zero-order chi connectivity index (χ0) is 22.3. The minimum absolute atomic E-state index is 0.0126. The first-order valence-corrected chi connectivity index (χ1v) is 12.4. The van der Waals surface area contributed by atoms with Crippen molar-refractivity contribution in [3.63, 3.8) is 0 Å². The third-order valence-corrected chi connectivity index (χ3v) is 7.28. The number of esters is 1. The fourth-order valence-corrected chi connectivity index (χ4v) is 5.55. The summed E-state index contributed by atoms with van der Waals surface area (Å²) in [5.74, 6) is -1.19. The van der Waals surface area contributed by atoms with Crippen LogP contribution in [-0.4, -0.2) is 27.0 Å². The summed E-state index contributed by atoms with van der Waals surface area (Å²) >= 11 is 0. The first-order chi connectivity index (χ1) is 14.9. The Hall–Kier alpha value is -2.25. The van der Waals surface area contributed by atoms with Crippen molar-refractivity contribution >= 4 is 16.0 Å². The number of sulfonamides is 1. The van der Waals surface area contributed by atoms with Crippen LogP contribution in [0.2, 0.25) is 0 Å². The molecule has 2 aromatic rings. The van der Waals surface area contributed by atoms with Gasteiger partial charge in [-0.1, -0.05) is 62.4 Å². The van der Waals surface area contributed by atoms with Crippen molar-refractivity contribution in [3.8, 4) is 0 Å². The molecule has 0 radical (unpaired) electrons. The zero-order valence-corrected chi connectivity index (χ0v) is 18.7. The molecule has 168 valence electrons. The van der Waals surface area contributed by atoms with E-state index in [0.29, 0.717) is 12.3 Å². The zero-order valence-electron chi connectivity index (χ0n) is 17.8. The molecule has 0 amide bonds. The van der Waals surface area contributed by atoms with Gasteiger partial charge in [0, 0.05) is 6.04 Å². The van der Waals surface area contributed by atoms with Crippen molar-refractivity contribution in [3.05, 3.63) is 65.5 Å². The smallest absolute Gasteiger partial charge is 0.338 e. The lowest BCUT2D eigenvalue weighted by atomic mass is 9.84. The van der Waals surface area contributed by atoms with Gasteiger partial charge in [0.2, 0.25) is 10.0 Å². The normalized spacial score (nSPS) is 16.1. The Balaban J connectivity index is 1.80. The molecule has 5 nitrogen and oxygen atoms in total. The van der Waals surface area contributed by atoms with Crippen LogP contribution < -0.4 is 4.72 Å². The molecule has 31 heavy (non-hydrogen) atoms. The van der Waals surface area contributed by atoms with E-state index in [9.17, 15) is 17.6 Å². The van der Waals surface area contributed by atoms with Crippen LogP contribution in [0, 0.1) is 11.7 Å². The largest absolute Gasteiger partial charge is 0.462 e. The van der Waals surface area contributed by atoms with Gasteiger partial charge in [-0.3, -0.25) is 0 Å². The summed E-state index contributed by atoms with van der Waals surface area (Å²) in [4.78, 5) is 11.4. The Morgan fingerprint density at radius 1 is 1.13 bits per heavy atom. The van der Waals surface area contributed by atoms with E-state index in [0.717, 1.165) is 37.0 Å². The number of hydrogen-bond donors (Lipinski definition) is 1. The van der Waals surface area contributed by atoms with Crippen molar-refractivity contribution in [1.82, 2.24) is 4.72 Å². The SMILES string of the molecule is CCOC(=O)c1ccc(S(=O)(=O)NC(Cc2ccccc2)CC2CCCCC2)c(F)c1. The number of carbonyl (C=O) groups excluding carboxylic acids is 1. The van der Waals surface area contributed by atoms with Gasteiger partial charge in [0.25, 0.3) is 0 Å². The van der Waals surface area contributed by atoms with Crippen LogP contribution in [0.5, 0.6) is 0 Å². The molecule has 0 spiro atoms. The number of rotatable bonds is 9. The highest BCUT2D eigenvalue weighted by atomic mass is 32.2. The number of halogens is 1. The van der Waals surface area contributed by atoms with Gasteiger partial charge in [-0.15, -0.1) is 0 Å². The standard InChI is InChI=1S/C24H30FNO4S/c1-2-30-24(27)20-13-14-23(22(25)17-20)31(28,29)26-21(15-18-9-5-3-6-10-18)16-19-11-7-4-8-12-19/h3,5-6,9-10,13-14,17,19,21,26H,2,4,7-8,11-12,15-16H2,1H3. The van der Waals surface area contributed by atoms with E-state index in [2.05, 4.69) is 4.72 Å². The average molecular weight is 448 g/mol. The molecule has 1 aliphatic rings. The Morgan fingerprint density at radius 3 is 2.48 bits per heavy atom. The van der Waals surface area contributed by atoms with Gasteiger partial charge in [-0.05, 0) is 49.4 Å². The van der Waals surface area contributed by atoms with Gasteiger partial charge in [0.05, 0.1) is 12.2 Å². The summed E-state index contributed by atoms with van der Waals surface area (Å²) in [5, 5.41) is 0. The molecule has 1 N–H and O–H groups in total. The predicted octanol–water partition coefficient (Wildman–Crippen LogP) is 4.86. The van der Waals surface area contributed by atoms with Gasteiger partial charge in [-0.2, -0.15) is 0 Å². The summed E-state index contributed by atoms with van der Waals surface area (Å²) in [7, 11) is -4.09. The molecule has 2 aromatic carbocycles. The van der Waals surface area contributed by atoms with E-state index in [4.69, 9.17) is 4.74 Å². The van der Waals surface area contributed by atoms with Crippen LogP contribution in [-0.2, 0) is 21.2 Å². The van der Waals surface area contributed by atoms with Gasteiger partial charge >= 0.3 is 5.97 Å². The second-order valence-corrected chi connectivity index (χ2v) is 9.80. The Kier molecular flexibility index (Phi) is 8.21. The molecule has 0 bridgehead atoms. The molecule has 0 saturated heterocycles. The maximum Gasteiger partial charge on any atom is 0.338 e. The number of nitrogens with one attached hydrogen (secondary N) is 1. The fraction of sp³-hybridized carbons (Fsp3) is 0.458. The Bertz CT molecular complexity index is 972. The van der Waals surface area contributed by atoms with E-state index in [1.165, 1.54) is 25.3 Å². The lowest BCUT2D eigenvalue weighted by Gasteiger charge is -2.27. The van der Waals surface area contributed by atoms with Gasteiger partial charge < -0.3 is 4.74 Å². The maximum absolute atomic E-state index is 14.7. The molecule has 1 unspecified atom stereocenters. The van der Waals surface area contributed by atoms with Crippen LogP contribution >= 0.6 is 0 Å². The van der Waals surface area contributed by atoms with Crippen LogP contribution in [0.4, 0.5) is 4.39 Å². The Labute approximate surface area is 184 Å². The molecule has 1 aliphatic carbocycles. The molecule has 3 rings (SSSR count).